The van der Waals surface area contributed by atoms with Crippen molar-refractivity contribution < 1.29 is 14.2 Å². The molecule has 0 amide bonds. The van der Waals surface area contributed by atoms with Crippen LogP contribution in [0.25, 0.3) is 0 Å². The molecule has 0 bridgehead atoms. The van der Waals surface area contributed by atoms with Gasteiger partial charge in [0.1, 0.15) is 11.5 Å². The lowest BCUT2D eigenvalue weighted by Crippen LogP contribution is -2.27. The van der Waals surface area contributed by atoms with Crippen LogP contribution in [0.5, 0.6) is 23.0 Å². The molecule has 0 radical (unpaired) electrons. The molecule has 1 heterocycles. The van der Waals surface area contributed by atoms with Gasteiger partial charge in [-0.05, 0) is 73.2 Å². The van der Waals surface area contributed by atoms with Gasteiger partial charge in [0, 0.05) is 12.2 Å². The Kier molecular flexibility index (Phi) is 5.30. The first-order valence-electron chi connectivity index (χ1n) is 8.94. The van der Waals surface area contributed by atoms with Crippen molar-refractivity contribution in [3.63, 3.8) is 0 Å². The molecule has 5 nitrogen and oxygen atoms in total. The van der Waals surface area contributed by atoms with E-state index in [-0.39, 0.29) is 6.79 Å². The second-order valence-electron chi connectivity index (χ2n) is 6.43. The summed E-state index contributed by atoms with van der Waals surface area (Å²) in [6, 6.07) is 21.5. The maximum Gasteiger partial charge on any atom is 0.231 e. The van der Waals surface area contributed by atoms with Gasteiger partial charge in [0.15, 0.2) is 16.6 Å². The standard InChI is InChI=1S/C22H20N2O3S/c1-15-2-7-18(8-3-15)27-19-9-5-17(6-10-19)24-22(28)23-13-16-4-11-20-21(12-16)26-14-25-20/h2-12H,13-14H2,1H3,(H2,23,24,28). The molecule has 1 aliphatic rings. The van der Waals surface area contributed by atoms with Crippen molar-refractivity contribution in [2.75, 3.05) is 12.1 Å². The Morgan fingerprint density at radius 1 is 0.929 bits per heavy atom. The van der Waals surface area contributed by atoms with E-state index in [1.165, 1.54) is 5.56 Å². The largest absolute Gasteiger partial charge is 0.457 e. The molecule has 3 aromatic carbocycles. The number of aryl methyl sites for hydroxylation is 1. The molecule has 6 heteroatoms. The lowest BCUT2D eigenvalue weighted by molar-refractivity contribution is 0.174. The fraction of sp³-hybridized carbons (Fsp3) is 0.136. The van der Waals surface area contributed by atoms with Gasteiger partial charge in [-0.15, -0.1) is 0 Å². The Labute approximate surface area is 169 Å². The van der Waals surface area contributed by atoms with Crippen LogP contribution in [0.4, 0.5) is 5.69 Å². The first-order chi connectivity index (χ1) is 13.7. The SMILES string of the molecule is Cc1ccc(Oc2ccc(NC(=S)NCc3ccc4c(c3)OCO4)cc2)cc1. The van der Waals surface area contributed by atoms with Gasteiger partial charge >= 0.3 is 0 Å². The van der Waals surface area contributed by atoms with Gasteiger partial charge in [0.2, 0.25) is 6.79 Å². The van der Waals surface area contributed by atoms with Crippen molar-refractivity contribution in [3.8, 4) is 23.0 Å². The minimum atomic E-state index is 0.274. The highest BCUT2D eigenvalue weighted by Crippen LogP contribution is 2.32. The first-order valence-corrected chi connectivity index (χ1v) is 9.34. The average Bonchev–Trinajstić information content (AvgIpc) is 3.17. The molecule has 0 atom stereocenters. The minimum Gasteiger partial charge on any atom is -0.457 e. The molecule has 0 aromatic heterocycles. The number of ether oxygens (including phenoxy) is 3. The smallest absolute Gasteiger partial charge is 0.231 e. The number of thiocarbonyl (C=S) groups is 1. The summed E-state index contributed by atoms with van der Waals surface area (Å²) < 4.78 is 16.5. The van der Waals surface area contributed by atoms with E-state index in [9.17, 15) is 0 Å². The molecule has 1 aliphatic heterocycles. The lowest BCUT2D eigenvalue weighted by atomic mass is 10.2. The number of hydrogen-bond acceptors (Lipinski definition) is 4. The Morgan fingerprint density at radius 2 is 1.61 bits per heavy atom. The molecule has 2 N–H and O–H groups in total. The van der Waals surface area contributed by atoms with Crippen molar-refractivity contribution in [1.82, 2.24) is 5.32 Å². The van der Waals surface area contributed by atoms with Gasteiger partial charge in [-0.1, -0.05) is 23.8 Å². The summed E-state index contributed by atoms with van der Waals surface area (Å²) in [5.74, 6) is 3.13. The van der Waals surface area contributed by atoms with E-state index in [0.717, 1.165) is 34.2 Å². The van der Waals surface area contributed by atoms with Crippen molar-refractivity contribution in [1.29, 1.82) is 0 Å². The zero-order valence-electron chi connectivity index (χ0n) is 15.4. The normalized spacial score (nSPS) is 11.8. The first kappa shape index (κ1) is 18.1. The van der Waals surface area contributed by atoms with E-state index in [2.05, 4.69) is 10.6 Å². The summed E-state index contributed by atoms with van der Waals surface area (Å²) >= 11 is 5.38. The molecular weight excluding hydrogens is 372 g/mol. The van der Waals surface area contributed by atoms with Crippen LogP contribution in [-0.2, 0) is 6.54 Å². The molecule has 4 rings (SSSR count). The Morgan fingerprint density at radius 3 is 2.36 bits per heavy atom. The fourth-order valence-electron chi connectivity index (χ4n) is 2.76. The predicted octanol–water partition coefficient (Wildman–Crippen LogP) is 5.00. The third-order valence-electron chi connectivity index (χ3n) is 4.26. The zero-order valence-corrected chi connectivity index (χ0v) is 16.2. The molecule has 0 saturated carbocycles. The Bertz CT molecular complexity index is 972. The molecule has 0 unspecified atom stereocenters. The highest BCUT2D eigenvalue weighted by Gasteiger charge is 2.13. The summed E-state index contributed by atoms with van der Waals surface area (Å²) in [5, 5.41) is 6.91. The van der Waals surface area contributed by atoms with Crippen LogP contribution in [0.2, 0.25) is 0 Å². The minimum absolute atomic E-state index is 0.274. The van der Waals surface area contributed by atoms with Gasteiger partial charge in [-0.2, -0.15) is 0 Å². The molecule has 28 heavy (non-hydrogen) atoms. The molecule has 0 spiro atoms. The van der Waals surface area contributed by atoms with Gasteiger partial charge in [0.25, 0.3) is 0 Å². The van der Waals surface area contributed by atoms with Crippen LogP contribution in [0, 0.1) is 6.92 Å². The number of nitrogens with one attached hydrogen (secondary N) is 2. The van der Waals surface area contributed by atoms with E-state index in [1.807, 2.05) is 73.7 Å². The average molecular weight is 392 g/mol. The summed E-state index contributed by atoms with van der Waals surface area (Å²) in [7, 11) is 0. The van der Waals surface area contributed by atoms with Crippen LogP contribution in [0.1, 0.15) is 11.1 Å². The summed E-state index contributed by atoms with van der Waals surface area (Å²) in [6.07, 6.45) is 0. The van der Waals surface area contributed by atoms with Crippen LogP contribution < -0.4 is 24.8 Å². The van der Waals surface area contributed by atoms with Crippen molar-refractivity contribution in [2.24, 2.45) is 0 Å². The van der Waals surface area contributed by atoms with Crippen molar-refractivity contribution in [2.45, 2.75) is 13.5 Å². The van der Waals surface area contributed by atoms with Gasteiger partial charge in [0.05, 0.1) is 0 Å². The van der Waals surface area contributed by atoms with Crippen molar-refractivity contribution >= 4 is 23.0 Å². The third-order valence-corrected chi connectivity index (χ3v) is 4.51. The second-order valence-corrected chi connectivity index (χ2v) is 6.84. The van der Waals surface area contributed by atoms with E-state index >= 15 is 0 Å². The third kappa shape index (κ3) is 4.53. The molecule has 3 aromatic rings. The predicted molar refractivity (Wildman–Crippen MR) is 113 cm³/mol. The fourth-order valence-corrected chi connectivity index (χ4v) is 2.95. The topological polar surface area (TPSA) is 51.8 Å². The van der Waals surface area contributed by atoms with E-state index in [1.54, 1.807) is 0 Å². The monoisotopic (exact) mass is 392 g/mol. The summed E-state index contributed by atoms with van der Waals surface area (Å²) in [5.41, 5.74) is 3.16. The molecule has 0 aliphatic carbocycles. The second kappa shape index (κ2) is 8.19. The number of anilines is 1. The lowest BCUT2D eigenvalue weighted by Gasteiger charge is -2.12. The number of fused-ring (bicyclic) bond motifs is 1. The molecule has 142 valence electrons. The van der Waals surface area contributed by atoms with E-state index < -0.39 is 0 Å². The Balaban J connectivity index is 1.29. The van der Waals surface area contributed by atoms with Crippen LogP contribution >= 0.6 is 12.2 Å². The molecular formula is C22H20N2O3S. The maximum absolute atomic E-state index is 5.84. The zero-order chi connectivity index (χ0) is 19.3. The van der Waals surface area contributed by atoms with Gasteiger partial charge < -0.3 is 24.8 Å². The highest BCUT2D eigenvalue weighted by atomic mass is 32.1. The summed E-state index contributed by atoms with van der Waals surface area (Å²) in [6.45, 7) is 2.92. The highest BCUT2D eigenvalue weighted by molar-refractivity contribution is 7.80. The number of benzene rings is 3. The van der Waals surface area contributed by atoms with Crippen LogP contribution in [0.3, 0.4) is 0 Å². The number of rotatable bonds is 5. The summed E-state index contributed by atoms with van der Waals surface area (Å²) in [4.78, 5) is 0. The van der Waals surface area contributed by atoms with Gasteiger partial charge in [-0.3, -0.25) is 0 Å². The van der Waals surface area contributed by atoms with Gasteiger partial charge in [-0.25, -0.2) is 0 Å². The van der Waals surface area contributed by atoms with Crippen molar-refractivity contribution in [3.05, 3.63) is 77.9 Å². The molecule has 0 saturated heterocycles. The van der Waals surface area contributed by atoms with Crippen LogP contribution in [0.15, 0.2) is 66.7 Å². The van der Waals surface area contributed by atoms with E-state index in [4.69, 9.17) is 26.4 Å². The van der Waals surface area contributed by atoms with Crippen LogP contribution in [-0.4, -0.2) is 11.9 Å². The maximum atomic E-state index is 5.84. The number of hydrogen-bond donors (Lipinski definition) is 2. The van der Waals surface area contributed by atoms with E-state index in [0.29, 0.717) is 11.7 Å². The Hall–Kier alpha value is -3.25. The quantitative estimate of drug-likeness (QED) is 0.596. The molecule has 0 fully saturated rings.